The monoisotopic (exact) mass is 160 g/mol. The van der Waals surface area contributed by atoms with E-state index in [-0.39, 0.29) is 5.91 Å². The summed E-state index contributed by atoms with van der Waals surface area (Å²) in [7, 11) is 0. The molecule has 0 unspecified atom stereocenters. The molecular formula is C6H12N2OS. The van der Waals surface area contributed by atoms with Crippen LogP contribution in [0, 0.1) is 0 Å². The first-order chi connectivity index (χ1) is 4.83. The van der Waals surface area contributed by atoms with Crippen molar-refractivity contribution >= 4 is 17.9 Å². The van der Waals surface area contributed by atoms with Crippen LogP contribution in [0.25, 0.3) is 0 Å². The number of amides is 1. The zero-order valence-corrected chi connectivity index (χ0v) is 6.83. The second-order valence-corrected chi connectivity index (χ2v) is 3.00. The van der Waals surface area contributed by atoms with Crippen molar-refractivity contribution in [1.29, 1.82) is 0 Å². The molecule has 1 aliphatic rings. The highest BCUT2D eigenvalue weighted by molar-refractivity contribution is 7.97. The zero-order chi connectivity index (χ0) is 7.40. The summed E-state index contributed by atoms with van der Waals surface area (Å²) in [5.74, 6) is 0.0689. The molecule has 1 aliphatic carbocycles. The van der Waals surface area contributed by atoms with Crippen molar-refractivity contribution in [2.45, 2.75) is 18.9 Å². The van der Waals surface area contributed by atoms with E-state index in [9.17, 15) is 4.79 Å². The van der Waals surface area contributed by atoms with Crippen molar-refractivity contribution in [2.24, 2.45) is 0 Å². The molecule has 0 saturated heterocycles. The Balaban J connectivity index is 1.94. The van der Waals surface area contributed by atoms with E-state index in [1.54, 1.807) is 0 Å². The van der Waals surface area contributed by atoms with Gasteiger partial charge in [0.25, 0.3) is 0 Å². The van der Waals surface area contributed by atoms with Crippen LogP contribution in [0.1, 0.15) is 12.8 Å². The van der Waals surface area contributed by atoms with E-state index in [0.717, 1.165) is 0 Å². The standard InChI is InChI=1S/C6H12N2OS/c1-10-8-6(9)4-7-5-2-3-5/h5,7H,2-4H2,1H3,(H,8,9). The molecule has 1 fully saturated rings. The van der Waals surface area contributed by atoms with E-state index < -0.39 is 0 Å². The lowest BCUT2D eigenvalue weighted by Gasteiger charge is -2.00. The lowest BCUT2D eigenvalue weighted by atomic mass is 10.6. The number of carbonyl (C=O) groups is 1. The third-order valence-electron chi connectivity index (χ3n) is 1.34. The summed E-state index contributed by atoms with van der Waals surface area (Å²) in [6.07, 6.45) is 4.30. The molecule has 3 nitrogen and oxygen atoms in total. The van der Waals surface area contributed by atoms with Crippen molar-refractivity contribution in [3.05, 3.63) is 0 Å². The minimum atomic E-state index is 0.0689. The van der Waals surface area contributed by atoms with Crippen LogP contribution in [0.4, 0.5) is 0 Å². The Morgan fingerprint density at radius 2 is 2.40 bits per heavy atom. The second-order valence-electron chi connectivity index (χ2n) is 2.38. The summed E-state index contributed by atoms with van der Waals surface area (Å²) < 4.78 is 2.64. The average Bonchev–Trinajstić information content (AvgIpc) is 2.67. The van der Waals surface area contributed by atoms with Crippen molar-refractivity contribution in [3.8, 4) is 0 Å². The summed E-state index contributed by atoms with van der Waals surface area (Å²) in [6.45, 7) is 0.464. The third-order valence-corrected chi connectivity index (χ3v) is 1.78. The molecule has 0 aliphatic heterocycles. The Morgan fingerprint density at radius 3 is 2.90 bits per heavy atom. The van der Waals surface area contributed by atoms with Gasteiger partial charge in [-0.25, -0.2) is 0 Å². The van der Waals surface area contributed by atoms with Gasteiger partial charge in [0.05, 0.1) is 6.54 Å². The lowest BCUT2D eigenvalue weighted by Crippen LogP contribution is -2.31. The van der Waals surface area contributed by atoms with Gasteiger partial charge in [0, 0.05) is 12.3 Å². The minimum absolute atomic E-state index is 0.0689. The van der Waals surface area contributed by atoms with Crippen LogP contribution >= 0.6 is 11.9 Å². The Labute approximate surface area is 65.1 Å². The maximum Gasteiger partial charge on any atom is 0.243 e. The highest BCUT2D eigenvalue weighted by Gasteiger charge is 2.20. The van der Waals surface area contributed by atoms with Crippen molar-refractivity contribution < 1.29 is 4.79 Å². The number of rotatable bonds is 4. The summed E-state index contributed by atoms with van der Waals surface area (Å²) in [4.78, 5) is 10.8. The normalized spacial score (nSPS) is 16.9. The topological polar surface area (TPSA) is 41.1 Å². The Bertz CT molecular complexity index is 125. The first kappa shape index (κ1) is 7.88. The van der Waals surface area contributed by atoms with Crippen LogP contribution in [0.2, 0.25) is 0 Å². The van der Waals surface area contributed by atoms with E-state index in [4.69, 9.17) is 0 Å². The van der Waals surface area contributed by atoms with Crippen molar-refractivity contribution in [1.82, 2.24) is 10.0 Å². The van der Waals surface area contributed by atoms with Gasteiger partial charge in [-0.1, -0.05) is 11.9 Å². The molecule has 1 rings (SSSR count). The summed E-state index contributed by atoms with van der Waals surface area (Å²) in [6, 6.07) is 0.618. The highest BCUT2D eigenvalue weighted by Crippen LogP contribution is 2.17. The van der Waals surface area contributed by atoms with E-state index in [2.05, 4.69) is 10.0 Å². The summed E-state index contributed by atoms with van der Waals surface area (Å²) >= 11 is 1.34. The van der Waals surface area contributed by atoms with Gasteiger partial charge in [-0.05, 0) is 12.8 Å². The van der Waals surface area contributed by atoms with Gasteiger partial charge in [-0.15, -0.1) is 0 Å². The number of hydrogen-bond acceptors (Lipinski definition) is 3. The molecule has 0 aromatic carbocycles. The molecule has 4 heteroatoms. The highest BCUT2D eigenvalue weighted by atomic mass is 32.2. The van der Waals surface area contributed by atoms with Crippen LogP contribution in [0.5, 0.6) is 0 Å². The molecule has 0 atom stereocenters. The summed E-state index contributed by atoms with van der Waals surface area (Å²) in [5.41, 5.74) is 0. The molecule has 0 bridgehead atoms. The smallest absolute Gasteiger partial charge is 0.243 e. The fourth-order valence-corrected chi connectivity index (χ4v) is 0.974. The molecule has 1 amide bonds. The van der Waals surface area contributed by atoms with Gasteiger partial charge in [0.2, 0.25) is 5.91 Å². The molecule has 10 heavy (non-hydrogen) atoms. The van der Waals surface area contributed by atoms with Gasteiger partial charge in [-0.2, -0.15) is 0 Å². The van der Waals surface area contributed by atoms with Gasteiger partial charge < -0.3 is 5.32 Å². The Kier molecular flexibility index (Phi) is 3.02. The lowest BCUT2D eigenvalue weighted by molar-refractivity contribution is -0.118. The van der Waals surface area contributed by atoms with E-state index in [1.807, 2.05) is 6.26 Å². The average molecular weight is 160 g/mol. The third kappa shape index (κ3) is 3.08. The second kappa shape index (κ2) is 3.83. The van der Waals surface area contributed by atoms with Gasteiger partial charge >= 0.3 is 0 Å². The fraction of sp³-hybridized carbons (Fsp3) is 0.833. The largest absolute Gasteiger partial charge is 0.306 e. The first-order valence-corrected chi connectivity index (χ1v) is 4.60. The molecule has 0 heterocycles. The maximum absolute atomic E-state index is 10.8. The predicted octanol–water partition coefficient (Wildman–Crippen LogP) is 0.133. The van der Waals surface area contributed by atoms with Gasteiger partial charge in [-0.3, -0.25) is 9.52 Å². The van der Waals surface area contributed by atoms with E-state index >= 15 is 0 Å². The van der Waals surface area contributed by atoms with Gasteiger partial charge in [0.1, 0.15) is 0 Å². The fourth-order valence-electron chi connectivity index (χ4n) is 0.674. The molecule has 0 aromatic heterocycles. The molecule has 1 saturated carbocycles. The number of carbonyl (C=O) groups excluding carboxylic acids is 1. The molecule has 58 valence electrons. The minimum Gasteiger partial charge on any atom is -0.306 e. The molecular weight excluding hydrogens is 148 g/mol. The van der Waals surface area contributed by atoms with Crippen LogP contribution < -0.4 is 10.0 Å². The SMILES string of the molecule is CSNC(=O)CNC1CC1. The Morgan fingerprint density at radius 1 is 1.70 bits per heavy atom. The van der Waals surface area contributed by atoms with Gasteiger partial charge in [0.15, 0.2) is 0 Å². The number of hydrogen-bond donors (Lipinski definition) is 2. The van der Waals surface area contributed by atoms with Crippen LogP contribution in [-0.2, 0) is 4.79 Å². The zero-order valence-electron chi connectivity index (χ0n) is 6.02. The van der Waals surface area contributed by atoms with Crippen LogP contribution in [0.3, 0.4) is 0 Å². The first-order valence-electron chi connectivity index (χ1n) is 3.38. The summed E-state index contributed by atoms with van der Waals surface area (Å²) in [5, 5.41) is 3.12. The molecule has 0 aromatic rings. The maximum atomic E-state index is 10.8. The quantitative estimate of drug-likeness (QED) is 0.574. The molecule has 0 radical (unpaired) electrons. The molecule has 0 spiro atoms. The molecule has 2 N–H and O–H groups in total. The van der Waals surface area contributed by atoms with E-state index in [0.29, 0.717) is 12.6 Å². The number of nitrogens with one attached hydrogen (secondary N) is 2. The van der Waals surface area contributed by atoms with E-state index in [1.165, 1.54) is 24.8 Å². The van der Waals surface area contributed by atoms with Crippen LogP contribution in [0.15, 0.2) is 0 Å². The predicted molar refractivity (Wildman–Crippen MR) is 42.7 cm³/mol. The van der Waals surface area contributed by atoms with Crippen molar-refractivity contribution in [2.75, 3.05) is 12.8 Å². The Hall–Kier alpha value is -0.220. The van der Waals surface area contributed by atoms with Crippen molar-refractivity contribution in [3.63, 3.8) is 0 Å². The van der Waals surface area contributed by atoms with Crippen LogP contribution in [-0.4, -0.2) is 24.7 Å².